The summed E-state index contributed by atoms with van der Waals surface area (Å²) in [6.07, 6.45) is 6.19. The van der Waals surface area contributed by atoms with Gasteiger partial charge in [-0.25, -0.2) is 19.7 Å². The second kappa shape index (κ2) is 10.8. The molecule has 0 saturated carbocycles. The molecule has 4 heterocycles. The molecular formula is C24H32N8O3. The highest BCUT2D eigenvalue weighted by Gasteiger charge is 2.37. The van der Waals surface area contributed by atoms with Crippen LogP contribution in [0.4, 0.5) is 16.6 Å². The summed E-state index contributed by atoms with van der Waals surface area (Å²) >= 11 is 0. The van der Waals surface area contributed by atoms with Crippen molar-refractivity contribution in [3.63, 3.8) is 0 Å². The van der Waals surface area contributed by atoms with E-state index in [0.717, 1.165) is 24.5 Å². The molecular weight excluding hydrogens is 448 g/mol. The van der Waals surface area contributed by atoms with Gasteiger partial charge in [0.05, 0.1) is 18.6 Å². The molecule has 1 N–H and O–H groups in total. The van der Waals surface area contributed by atoms with Crippen LogP contribution in [0.25, 0.3) is 0 Å². The molecule has 0 radical (unpaired) electrons. The van der Waals surface area contributed by atoms with Crippen LogP contribution >= 0.6 is 0 Å². The van der Waals surface area contributed by atoms with Crippen molar-refractivity contribution in [1.29, 1.82) is 0 Å². The lowest BCUT2D eigenvalue weighted by Crippen LogP contribution is -2.47. The molecule has 186 valence electrons. The van der Waals surface area contributed by atoms with Crippen LogP contribution in [-0.2, 0) is 16.1 Å². The predicted octanol–water partition coefficient (Wildman–Crippen LogP) is 2.25. The fourth-order valence-corrected chi connectivity index (χ4v) is 4.15. The molecule has 0 bridgehead atoms. The smallest absolute Gasteiger partial charge is 0.415 e. The Labute approximate surface area is 205 Å². The number of amides is 2. The number of anilines is 2. The van der Waals surface area contributed by atoms with Crippen molar-refractivity contribution in [2.45, 2.75) is 39.4 Å². The van der Waals surface area contributed by atoms with E-state index in [1.54, 1.807) is 34.5 Å². The van der Waals surface area contributed by atoms with Crippen LogP contribution in [0, 0.1) is 5.92 Å². The van der Waals surface area contributed by atoms with Gasteiger partial charge in [0.2, 0.25) is 11.9 Å². The average molecular weight is 481 g/mol. The van der Waals surface area contributed by atoms with E-state index < -0.39 is 0 Å². The first kappa shape index (κ1) is 24.5. The molecule has 2 aliphatic rings. The average Bonchev–Trinajstić information content (AvgIpc) is 3.26. The van der Waals surface area contributed by atoms with Crippen LogP contribution in [0.2, 0.25) is 0 Å². The largest absolute Gasteiger partial charge is 0.447 e. The van der Waals surface area contributed by atoms with Crippen LogP contribution in [0.1, 0.15) is 38.2 Å². The van der Waals surface area contributed by atoms with Crippen LogP contribution in [-0.4, -0.2) is 80.6 Å². The number of aromatic nitrogens is 4. The molecule has 0 aliphatic carbocycles. The summed E-state index contributed by atoms with van der Waals surface area (Å²) in [5.41, 5.74) is 0.893. The normalized spacial score (nSPS) is 19.5. The molecule has 2 amide bonds. The summed E-state index contributed by atoms with van der Waals surface area (Å²) in [5, 5.41) is 3.27. The Kier molecular flexibility index (Phi) is 7.54. The summed E-state index contributed by atoms with van der Waals surface area (Å²) in [6.45, 7) is 13.5. The number of hydrogen-bond acceptors (Lipinski definition) is 9. The van der Waals surface area contributed by atoms with Crippen molar-refractivity contribution in [2.24, 2.45) is 5.92 Å². The predicted molar refractivity (Wildman–Crippen MR) is 131 cm³/mol. The lowest BCUT2D eigenvalue weighted by Gasteiger charge is -2.33. The summed E-state index contributed by atoms with van der Waals surface area (Å²) in [6, 6.07) is 1.51. The number of rotatable bonds is 8. The van der Waals surface area contributed by atoms with Gasteiger partial charge in [0.1, 0.15) is 18.2 Å². The van der Waals surface area contributed by atoms with E-state index in [1.807, 2.05) is 6.92 Å². The molecule has 4 rings (SSSR count). The van der Waals surface area contributed by atoms with Crippen LogP contribution in [0.5, 0.6) is 0 Å². The Balaban J connectivity index is 1.35. The third-order valence-corrected chi connectivity index (χ3v) is 6.36. The highest BCUT2D eigenvalue weighted by molar-refractivity contribution is 5.89. The first-order chi connectivity index (χ1) is 16.9. The Bertz CT molecular complexity index is 1050. The van der Waals surface area contributed by atoms with Crippen LogP contribution in [0.15, 0.2) is 37.3 Å². The van der Waals surface area contributed by atoms with E-state index >= 15 is 0 Å². The molecule has 0 aromatic carbocycles. The van der Waals surface area contributed by atoms with E-state index in [-0.39, 0.29) is 30.0 Å². The maximum atomic E-state index is 12.3. The highest BCUT2D eigenvalue weighted by atomic mass is 16.6. The zero-order valence-corrected chi connectivity index (χ0v) is 20.4. The lowest BCUT2D eigenvalue weighted by molar-refractivity contribution is -0.127. The summed E-state index contributed by atoms with van der Waals surface area (Å²) in [7, 11) is 0. The van der Waals surface area contributed by atoms with Crippen molar-refractivity contribution in [3.8, 4) is 0 Å². The number of carbonyl (C=O) groups excluding carboxylic acids is 2. The van der Waals surface area contributed by atoms with Crippen molar-refractivity contribution < 1.29 is 14.3 Å². The fourth-order valence-electron chi connectivity index (χ4n) is 4.15. The van der Waals surface area contributed by atoms with Gasteiger partial charge in [-0.15, -0.1) is 0 Å². The second-order valence-corrected chi connectivity index (χ2v) is 9.10. The van der Waals surface area contributed by atoms with Gasteiger partial charge in [0, 0.05) is 50.3 Å². The first-order valence-electron chi connectivity index (χ1n) is 11.9. The van der Waals surface area contributed by atoms with Gasteiger partial charge in [0.15, 0.2) is 0 Å². The molecule has 35 heavy (non-hydrogen) atoms. The van der Waals surface area contributed by atoms with Crippen LogP contribution in [0.3, 0.4) is 0 Å². The highest BCUT2D eigenvalue weighted by Crippen LogP contribution is 2.26. The number of piperazine rings is 1. The minimum Gasteiger partial charge on any atom is -0.447 e. The van der Waals surface area contributed by atoms with E-state index in [4.69, 9.17) is 4.74 Å². The Hall–Kier alpha value is -3.60. The lowest BCUT2D eigenvalue weighted by atomic mass is 10.0. The third kappa shape index (κ3) is 5.73. The van der Waals surface area contributed by atoms with E-state index in [1.165, 1.54) is 6.08 Å². The molecule has 2 aliphatic heterocycles. The van der Waals surface area contributed by atoms with Gasteiger partial charge < -0.3 is 15.0 Å². The summed E-state index contributed by atoms with van der Waals surface area (Å²) in [5.74, 6) is 1.86. The Morgan fingerprint density at radius 2 is 1.91 bits per heavy atom. The van der Waals surface area contributed by atoms with Gasteiger partial charge in [-0.1, -0.05) is 20.4 Å². The summed E-state index contributed by atoms with van der Waals surface area (Å²) in [4.78, 5) is 47.5. The molecule has 11 nitrogen and oxygen atoms in total. The monoisotopic (exact) mass is 480 g/mol. The van der Waals surface area contributed by atoms with Gasteiger partial charge in [-0.3, -0.25) is 14.6 Å². The minimum absolute atomic E-state index is 0.0265. The number of nitrogens with zero attached hydrogens (tertiary/aromatic N) is 7. The SMILES string of the molecule is C=CC(=O)N1CCN(Cc2ncc(C(C)Nc3nccc(N4C(=O)OCC4C(C)C)n3)cn2)CC1. The minimum atomic E-state index is -0.390. The standard InChI is InChI=1S/C24H32N8O3/c1-5-22(33)31-10-8-30(9-11-31)14-20-26-12-18(13-27-20)17(4)28-23-25-7-6-21(29-23)32-19(16(2)3)15-35-24(32)34/h5-7,12-13,16-17,19H,1,8-11,14-15H2,2-4H3,(H,25,28,29). The molecule has 2 saturated heterocycles. The van der Waals surface area contributed by atoms with Crippen molar-refractivity contribution in [2.75, 3.05) is 43.0 Å². The molecule has 2 atom stereocenters. The van der Waals surface area contributed by atoms with E-state index in [0.29, 0.717) is 38.0 Å². The van der Waals surface area contributed by atoms with Crippen LogP contribution < -0.4 is 10.2 Å². The van der Waals surface area contributed by atoms with Gasteiger partial charge in [0.25, 0.3) is 0 Å². The van der Waals surface area contributed by atoms with Gasteiger partial charge in [-0.2, -0.15) is 4.98 Å². The maximum Gasteiger partial charge on any atom is 0.415 e. The van der Waals surface area contributed by atoms with Crippen molar-refractivity contribution >= 4 is 23.8 Å². The second-order valence-electron chi connectivity index (χ2n) is 9.10. The summed E-state index contributed by atoms with van der Waals surface area (Å²) < 4.78 is 5.24. The van der Waals surface area contributed by atoms with Gasteiger partial charge in [-0.05, 0) is 25.0 Å². The molecule has 0 spiro atoms. The number of nitrogens with one attached hydrogen (secondary N) is 1. The molecule has 11 heteroatoms. The van der Waals surface area contributed by atoms with E-state index in [2.05, 4.69) is 50.6 Å². The zero-order chi connectivity index (χ0) is 24.9. The number of cyclic esters (lactones) is 1. The number of carbonyl (C=O) groups is 2. The third-order valence-electron chi connectivity index (χ3n) is 6.36. The number of ether oxygens (including phenoxy) is 1. The fraction of sp³-hybridized carbons (Fsp3) is 0.500. The first-order valence-corrected chi connectivity index (χ1v) is 11.9. The molecule has 2 unspecified atom stereocenters. The molecule has 2 aromatic rings. The van der Waals surface area contributed by atoms with Gasteiger partial charge >= 0.3 is 6.09 Å². The maximum absolute atomic E-state index is 12.3. The topological polar surface area (TPSA) is 117 Å². The molecule has 2 aromatic heterocycles. The van der Waals surface area contributed by atoms with Crippen molar-refractivity contribution in [3.05, 3.63) is 48.7 Å². The molecule has 2 fully saturated rings. The Morgan fingerprint density at radius 1 is 1.20 bits per heavy atom. The number of hydrogen-bond donors (Lipinski definition) is 1. The van der Waals surface area contributed by atoms with Crippen molar-refractivity contribution in [1.82, 2.24) is 29.7 Å². The Morgan fingerprint density at radius 3 is 2.57 bits per heavy atom. The van der Waals surface area contributed by atoms with E-state index in [9.17, 15) is 9.59 Å². The quantitative estimate of drug-likeness (QED) is 0.568. The zero-order valence-electron chi connectivity index (χ0n) is 20.4.